The van der Waals surface area contributed by atoms with Gasteiger partial charge in [-0.1, -0.05) is 42.5 Å². The van der Waals surface area contributed by atoms with E-state index in [0.717, 1.165) is 11.3 Å². The number of benzene rings is 2. The molecule has 0 radical (unpaired) electrons. The van der Waals surface area contributed by atoms with Gasteiger partial charge in [0.1, 0.15) is 6.17 Å². The first-order valence-electron chi connectivity index (χ1n) is 8.05. The minimum Gasteiger partial charge on any atom is -0.364 e. The van der Waals surface area contributed by atoms with E-state index in [1.807, 2.05) is 35.2 Å². The van der Waals surface area contributed by atoms with E-state index >= 15 is 0 Å². The molecule has 1 saturated heterocycles. The Morgan fingerprint density at radius 3 is 2.46 bits per heavy atom. The number of carbonyl (C=O) groups excluding carboxylic acids is 1. The first kappa shape index (κ1) is 14.5. The Kier molecular flexibility index (Phi) is 3.35. The fourth-order valence-corrected chi connectivity index (χ4v) is 3.68. The zero-order chi connectivity index (χ0) is 16.7. The lowest BCUT2D eigenvalue weighted by Crippen LogP contribution is -2.69. The largest absolute Gasteiger partial charge is 0.364 e. The topological polar surface area (TPSA) is 56.1 Å². The summed E-state index contributed by atoms with van der Waals surface area (Å²) in [6, 6.07) is 19.9. The normalized spacial score (nSPS) is 25.0. The molecular formula is C20H17N3O. The van der Waals surface area contributed by atoms with Crippen molar-refractivity contribution in [3.8, 4) is 6.07 Å². The highest BCUT2D eigenvalue weighted by molar-refractivity contribution is 5.98. The number of hydrogen-bond donors (Lipinski definition) is 1. The van der Waals surface area contributed by atoms with Crippen LogP contribution >= 0.6 is 0 Å². The molecule has 4 nitrogen and oxygen atoms in total. The molecule has 0 spiro atoms. The Hall–Kier alpha value is -3.06. The smallest absolute Gasteiger partial charge is 0.250 e. The summed E-state index contributed by atoms with van der Waals surface area (Å²) >= 11 is 0. The Balaban J connectivity index is 1.64. The molecule has 0 saturated carbocycles. The zero-order valence-corrected chi connectivity index (χ0v) is 13.3. The lowest BCUT2D eigenvalue weighted by Gasteiger charge is -2.56. The molecule has 24 heavy (non-hydrogen) atoms. The van der Waals surface area contributed by atoms with Crippen LogP contribution in [0.3, 0.4) is 0 Å². The molecule has 3 atom stereocenters. The van der Waals surface area contributed by atoms with Gasteiger partial charge >= 0.3 is 0 Å². The maximum atomic E-state index is 12.5. The van der Waals surface area contributed by atoms with Crippen LogP contribution in [0.15, 0.2) is 60.7 Å². The second-order valence-electron chi connectivity index (χ2n) is 6.26. The fourth-order valence-electron chi connectivity index (χ4n) is 3.68. The maximum absolute atomic E-state index is 12.5. The molecule has 2 aromatic carbocycles. The van der Waals surface area contributed by atoms with Gasteiger partial charge in [0.15, 0.2) is 0 Å². The van der Waals surface area contributed by atoms with E-state index in [0.29, 0.717) is 5.56 Å². The average Bonchev–Trinajstić information content (AvgIpc) is 2.61. The van der Waals surface area contributed by atoms with Crippen molar-refractivity contribution in [2.45, 2.75) is 25.0 Å². The van der Waals surface area contributed by atoms with E-state index < -0.39 is 0 Å². The summed E-state index contributed by atoms with van der Waals surface area (Å²) in [6.45, 7) is 2.09. The van der Waals surface area contributed by atoms with Gasteiger partial charge in [0.05, 0.1) is 11.6 Å². The quantitative estimate of drug-likeness (QED) is 0.927. The van der Waals surface area contributed by atoms with E-state index in [1.165, 1.54) is 5.56 Å². The molecule has 1 amide bonds. The first-order chi connectivity index (χ1) is 11.7. The molecule has 2 aromatic rings. The summed E-state index contributed by atoms with van der Waals surface area (Å²) in [6.07, 6.45) is 1.63. The van der Waals surface area contributed by atoms with Gasteiger partial charge in [-0.15, -0.1) is 0 Å². The van der Waals surface area contributed by atoms with E-state index in [2.05, 4.69) is 30.4 Å². The van der Waals surface area contributed by atoms with Gasteiger partial charge < -0.3 is 10.2 Å². The Morgan fingerprint density at radius 1 is 1.08 bits per heavy atom. The maximum Gasteiger partial charge on any atom is 0.250 e. The van der Waals surface area contributed by atoms with Crippen LogP contribution in [0.5, 0.6) is 0 Å². The average molecular weight is 315 g/mol. The SMILES string of the molecule is CC1C(c2ccccc2)C2NC(c3ccc(C#N)cc3)=CC(=O)N12. The van der Waals surface area contributed by atoms with Crippen LogP contribution in [0, 0.1) is 11.3 Å². The molecule has 4 rings (SSSR count). The van der Waals surface area contributed by atoms with Gasteiger partial charge in [-0.05, 0) is 30.2 Å². The molecule has 0 aromatic heterocycles. The highest BCUT2D eigenvalue weighted by atomic mass is 16.2. The standard InChI is InChI=1S/C20H17N3O/c1-13-19(16-5-3-2-4-6-16)20-22-17(11-18(24)23(13)20)15-9-7-14(12-21)8-10-15/h2-11,13,19-20,22H,1H3. The number of nitrogens with one attached hydrogen (secondary N) is 1. The molecule has 0 bridgehead atoms. The molecule has 3 unspecified atom stereocenters. The second kappa shape index (κ2) is 5.54. The van der Waals surface area contributed by atoms with Gasteiger partial charge in [-0.2, -0.15) is 5.26 Å². The summed E-state index contributed by atoms with van der Waals surface area (Å²) in [5.74, 6) is 0.315. The number of carbonyl (C=O) groups is 1. The number of fused-ring (bicyclic) bond motifs is 1. The summed E-state index contributed by atoms with van der Waals surface area (Å²) in [7, 11) is 0. The van der Waals surface area contributed by atoms with Crippen LogP contribution in [0.1, 0.15) is 29.5 Å². The third-order valence-electron chi connectivity index (χ3n) is 4.93. The first-order valence-corrected chi connectivity index (χ1v) is 8.05. The van der Waals surface area contributed by atoms with Crippen molar-refractivity contribution >= 4 is 11.6 Å². The van der Waals surface area contributed by atoms with E-state index in [-0.39, 0.29) is 24.0 Å². The molecule has 4 heteroatoms. The number of nitriles is 1. The predicted molar refractivity (Wildman–Crippen MR) is 91.5 cm³/mol. The van der Waals surface area contributed by atoms with Crippen molar-refractivity contribution in [2.24, 2.45) is 0 Å². The van der Waals surface area contributed by atoms with Crippen molar-refractivity contribution in [3.63, 3.8) is 0 Å². The summed E-state index contributed by atoms with van der Waals surface area (Å²) in [5.41, 5.74) is 3.60. The Morgan fingerprint density at radius 2 is 1.79 bits per heavy atom. The van der Waals surface area contributed by atoms with Crippen molar-refractivity contribution in [1.29, 1.82) is 5.26 Å². The van der Waals surface area contributed by atoms with Crippen molar-refractivity contribution < 1.29 is 4.79 Å². The van der Waals surface area contributed by atoms with E-state index in [1.54, 1.807) is 18.2 Å². The highest BCUT2D eigenvalue weighted by Crippen LogP contribution is 2.42. The van der Waals surface area contributed by atoms with Crippen molar-refractivity contribution in [1.82, 2.24) is 10.2 Å². The van der Waals surface area contributed by atoms with E-state index in [9.17, 15) is 4.79 Å². The minimum atomic E-state index is -0.0226. The number of hydrogen-bond acceptors (Lipinski definition) is 3. The highest BCUT2D eigenvalue weighted by Gasteiger charge is 2.50. The van der Waals surface area contributed by atoms with Gasteiger partial charge in [0.2, 0.25) is 0 Å². The minimum absolute atomic E-state index is 0.0226. The van der Waals surface area contributed by atoms with Crippen LogP contribution in [0.2, 0.25) is 0 Å². The van der Waals surface area contributed by atoms with Gasteiger partial charge in [-0.25, -0.2) is 0 Å². The van der Waals surface area contributed by atoms with Crippen LogP contribution in [0.4, 0.5) is 0 Å². The zero-order valence-electron chi connectivity index (χ0n) is 13.3. The monoisotopic (exact) mass is 315 g/mol. The van der Waals surface area contributed by atoms with Gasteiger partial charge in [-0.3, -0.25) is 4.79 Å². The van der Waals surface area contributed by atoms with Crippen molar-refractivity contribution in [2.75, 3.05) is 0 Å². The summed E-state index contributed by atoms with van der Waals surface area (Å²) < 4.78 is 0. The van der Waals surface area contributed by atoms with E-state index in [4.69, 9.17) is 5.26 Å². The molecule has 2 aliphatic heterocycles. The van der Waals surface area contributed by atoms with Crippen LogP contribution in [-0.2, 0) is 4.79 Å². The third-order valence-corrected chi connectivity index (χ3v) is 4.93. The molecule has 1 N–H and O–H groups in total. The summed E-state index contributed by atoms with van der Waals surface area (Å²) in [5, 5.41) is 12.4. The molecular weight excluding hydrogens is 298 g/mol. The number of amides is 1. The van der Waals surface area contributed by atoms with Gasteiger partial charge in [0.25, 0.3) is 5.91 Å². The predicted octanol–water partition coefficient (Wildman–Crippen LogP) is 2.84. The summed E-state index contributed by atoms with van der Waals surface area (Å²) in [4.78, 5) is 14.4. The Bertz CT molecular complexity index is 849. The Labute approximate surface area is 141 Å². The van der Waals surface area contributed by atoms with Crippen LogP contribution < -0.4 is 5.32 Å². The second-order valence-corrected chi connectivity index (χ2v) is 6.26. The molecule has 118 valence electrons. The lowest BCUT2D eigenvalue weighted by atomic mass is 9.78. The number of nitrogens with zero attached hydrogens (tertiary/aromatic N) is 2. The molecule has 0 aliphatic carbocycles. The lowest BCUT2D eigenvalue weighted by molar-refractivity contribution is -0.143. The molecule has 1 fully saturated rings. The number of rotatable bonds is 2. The van der Waals surface area contributed by atoms with Crippen LogP contribution in [0.25, 0.3) is 5.70 Å². The molecule has 2 aliphatic rings. The fraction of sp³-hybridized carbons (Fsp3) is 0.200. The van der Waals surface area contributed by atoms with Gasteiger partial charge in [0, 0.05) is 23.7 Å². The molecule has 2 heterocycles. The third kappa shape index (κ3) is 2.17. The van der Waals surface area contributed by atoms with Crippen molar-refractivity contribution in [3.05, 3.63) is 77.4 Å². The van der Waals surface area contributed by atoms with Crippen LogP contribution in [-0.4, -0.2) is 23.0 Å².